The van der Waals surface area contributed by atoms with Crippen molar-refractivity contribution in [1.29, 1.82) is 0 Å². The molecule has 0 fully saturated rings. The molecule has 0 spiro atoms. The number of nitrogens with one attached hydrogen (secondary N) is 1. The van der Waals surface area contributed by atoms with Crippen LogP contribution in [0.3, 0.4) is 0 Å². The average Bonchev–Trinajstić information content (AvgIpc) is 2.55. The second kappa shape index (κ2) is 10.7. The van der Waals surface area contributed by atoms with Crippen LogP contribution in [0, 0.1) is 0 Å². The van der Waals surface area contributed by atoms with Crippen LogP contribution in [0.2, 0.25) is 0 Å². The molecule has 1 aromatic rings. The minimum absolute atomic E-state index is 0.0888. The molecule has 0 atom stereocenters. The maximum atomic E-state index is 11.9. The van der Waals surface area contributed by atoms with Crippen LogP contribution in [0.1, 0.15) is 38.2 Å². The topological polar surface area (TPSA) is 64.6 Å². The predicted molar refractivity (Wildman–Crippen MR) is 84.9 cm³/mol. The number of alkyl halides is 3. The van der Waals surface area contributed by atoms with E-state index in [1.807, 2.05) is 24.3 Å². The smallest absolute Gasteiger partial charge is 0.491 e. The fraction of sp³-hybridized carbons (Fsp3) is 0.529. The van der Waals surface area contributed by atoms with Gasteiger partial charge in [0.2, 0.25) is 0 Å². The minimum Gasteiger partial charge on any atom is -0.494 e. The Morgan fingerprint density at radius 1 is 1.20 bits per heavy atom. The van der Waals surface area contributed by atoms with Gasteiger partial charge in [-0.3, -0.25) is 4.79 Å². The molecule has 140 valence electrons. The summed E-state index contributed by atoms with van der Waals surface area (Å²) in [6.45, 7) is 3.25. The number of carbonyl (C=O) groups excluding carboxylic acids is 2. The molecule has 0 aliphatic carbocycles. The van der Waals surface area contributed by atoms with E-state index in [0.717, 1.165) is 30.6 Å². The highest BCUT2D eigenvalue weighted by Gasteiger charge is 2.42. The molecule has 0 aliphatic heterocycles. The zero-order valence-electron chi connectivity index (χ0n) is 14.0. The second-order valence-corrected chi connectivity index (χ2v) is 5.39. The summed E-state index contributed by atoms with van der Waals surface area (Å²) in [6.07, 6.45) is -2.30. The van der Waals surface area contributed by atoms with Gasteiger partial charge in [0.05, 0.1) is 13.0 Å². The van der Waals surface area contributed by atoms with E-state index in [9.17, 15) is 22.8 Å². The van der Waals surface area contributed by atoms with E-state index in [1.165, 1.54) is 0 Å². The molecule has 0 unspecified atom stereocenters. The molecule has 25 heavy (non-hydrogen) atoms. The Morgan fingerprint density at radius 3 is 2.64 bits per heavy atom. The van der Waals surface area contributed by atoms with E-state index in [1.54, 1.807) is 0 Å². The van der Waals surface area contributed by atoms with Crippen molar-refractivity contribution in [1.82, 2.24) is 5.32 Å². The fourth-order valence-corrected chi connectivity index (χ4v) is 1.92. The van der Waals surface area contributed by atoms with E-state index in [0.29, 0.717) is 13.2 Å². The molecule has 0 amide bonds. The highest BCUT2D eigenvalue weighted by atomic mass is 19.4. The lowest BCUT2D eigenvalue weighted by molar-refractivity contribution is -0.201. The number of unbranched alkanes of at least 4 members (excludes halogenated alkanes) is 2. The van der Waals surface area contributed by atoms with Crippen LogP contribution in [0.15, 0.2) is 24.3 Å². The lowest BCUT2D eigenvalue weighted by atomic mass is 10.2. The van der Waals surface area contributed by atoms with Crippen molar-refractivity contribution in [2.45, 2.75) is 45.3 Å². The van der Waals surface area contributed by atoms with Crippen molar-refractivity contribution in [3.05, 3.63) is 29.8 Å². The Morgan fingerprint density at radius 2 is 1.96 bits per heavy atom. The van der Waals surface area contributed by atoms with Crippen molar-refractivity contribution < 1.29 is 32.2 Å². The zero-order valence-corrected chi connectivity index (χ0v) is 14.0. The van der Waals surface area contributed by atoms with Crippen molar-refractivity contribution in [2.75, 3.05) is 13.2 Å². The van der Waals surface area contributed by atoms with E-state index < -0.39 is 18.1 Å². The van der Waals surface area contributed by atoms with Gasteiger partial charge in [-0.15, -0.1) is 0 Å². The average molecular weight is 361 g/mol. The number of benzene rings is 1. The highest BCUT2D eigenvalue weighted by Crippen LogP contribution is 2.17. The number of ether oxygens (including phenoxy) is 2. The molecule has 5 nitrogen and oxygen atoms in total. The summed E-state index contributed by atoms with van der Waals surface area (Å²) in [4.78, 5) is 21.6. The first-order chi connectivity index (χ1) is 11.8. The van der Waals surface area contributed by atoms with Gasteiger partial charge in [-0.25, -0.2) is 4.79 Å². The van der Waals surface area contributed by atoms with Gasteiger partial charge in [-0.2, -0.15) is 13.2 Å². The molecule has 0 bridgehead atoms. The second-order valence-electron chi connectivity index (χ2n) is 5.39. The van der Waals surface area contributed by atoms with Gasteiger partial charge < -0.3 is 14.8 Å². The number of hydrogen-bond acceptors (Lipinski definition) is 5. The third-order valence-corrected chi connectivity index (χ3v) is 3.19. The molecule has 0 radical (unpaired) electrons. The van der Waals surface area contributed by atoms with Gasteiger partial charge in [0, 0.05) is 13.1 Å². The van der Waals surface area contributed by atoms with Gasteiger partial charge in [0.15, 0.2) is 0 Å². The lowest BCUT2D eigenvalue weighted by Crippen LogP contribution is -2.29. The molecule has 0 saturated heterocycles. The first-order valence-electron chi connectivity index (χ1n) is 8.07. The van der Waals surface area contributed by atoms with E-state index in [2.05, 4.69) is 17.0 Å². The number of halogens is 3. The zero-order chi connectivity index (χ0) is 18.7. The largest absolute Gasteiger partial charge is 0.494 e. The summed E-state index contributed by atoms with van der Waals surface area (Å²) in [6, 6.07) is 7.39. The summed E-state index contributed by atoms with van der Waals surface area (Å²) >= 11 is 0. The molecular formula is C17H22F3NO4. The van der Waals surface area contributed by atoms with Crippen molar-refractivity contribution >= 4 is 11.9 Å². The van der Waals surface area contributed by atoms with Crippen molar-refractivity contribution in [3.8, 4) is 5.75 Å². The third-order valence-electron chi connectivity index (χ3n) is 3.19. The first-order valence-corrected chi connectivity index (χ1v) is 8.07. The van der Waals surface area contributed by atoms with Gasteiger partial charge in [-0.05, 0) is 24.1 Å². The van der Waals surface area contributed by atoms with Crippen LogP contribution in [-0.4, -0.2) is 31.3 Å². The van der Waals surface area contributed by atoms with Crippen LogP contribution in [-0.2, 0) is 20.9 Å². The van der Waals surface area contributed by atoms with Gasteiger partial charge in [0.25, 0.3) is 0 Å². The molecule has 0 heterocycles. The quantitative estimate of drug-likeness (QED) is 0.393. The Bertz CT molecular complexity index is 561. The minimum atomic E-state index is -5.17. The Hall–Kier alpha value is -2.09. The van der Waals surface area contributed by atoms with Crippen molar-refractivity contribution in [2.24, 2.45) is 0 Å². The SMILES string of the molecule is CCCCCOc1cccc(CNCCC(=O)OC(=O)C(F)(F)F)c1. The molecule has 1 aromatic carbocycles. The number of rotatable bonds is 10. The molecule has 1 rings (SSSR count). The summed E-state index contributed by atoms with van der Waals surface area (Å²) in [5.74, 6) is -2.97. The summed E-state index contributed by atoms with van der Waals surface area (Å²) in [7, 11) is 0. The summed E-state index contributed by atoms with van der Waals surface area (Å²) < 4.78 is 45.1. The number of carbonyl (C=O) groups is 2. The van der Waals surface area contributed by atoms with Crippen LogP contribution in [0.25, 0.3) is 0 Å². The molecule has 0 aromatic heterocycles. The Kier molecular flexibility index (Phi) is 8.98. The monoisotopic (exact) mass is 361 g/mol. The summed E-state index contributed by atoms with van der Waals surface area (Å²) in [5, 5.41) is 2.90. The maximum Gasteiger partial charge on any atom is 0.491 e. The summed E-state index contributed by atoms with van der Waals surface area (Å²) in [5.41, 5.74) is 0.910. The molecule has 1 N–H and O–H groups in total. The first kappa shape index (κ1) is 21.0. The highest BCUT2D eigenvalue weighted by molar-refractivity contribution is 5.88. The van der Waals surface area contributed by atoms with E-state index in [4.69, 9.17) is 4.74 Å². The molecule has 0 saturated carbocycles. The Balaban J connectivity index is 2.27. The number of esters is 2. The maximum absolute atomic E-state index is 11.9. The number of hydrogen-bond donors (Lipinski definition) is 1. The standard InChI is InChI=1S/C17H22F3NO4/c1-2-3-4-10-24-14-7-5-6-13(11-14)12-21-9-8-15(22)25-16(23)17(18,19)20/h5-7,11,21H,2-4,8-10,12H2,1H3. The van der Waals surface area contributed by atoms with Crippen molar-refractivity contribution in [3.63, 3.8) is 0 Å². The lowest BCUT2D eigenvalue weighted by Gasteiger charge is -2.09. The molecule has 8 heteroatoms. The van der Waals surface area contributed by atoms with Crippen LogP contribution in [0.5, 0.6) is 5.75 Å². The van der Waals surface area contributed by atoms with Gasteiger partial charge in [-0.1, -0.05) is 31.9 Å². The third kappa shape index (κ3) is 9.09. The normalized spacial score (nSPS) is 11.2. The van der Waals surface area contributed by atoms with Crippen LogP contribution < -0.4 is 10.1 Å². The van der Waals surface area contributed by atoms with Gasteiger partial charge >= 0.3 is 18.1 Å². The molecular weight excluding hydrogens is 339 g/mol. The van der Waals surface area contributed by atoms with E-state index in [-0.39, 0.29) is 13.0 Å². The predicted octanol–water partition coefficient (Wildman–Crippen LogP) is 3.37. The van der Waals surface area contributed by atoms with Crippen LogP contribution >= 0.6 is 0 Å². The van der Waals surface area contributed by atoms with Crippen LogP contribution in [0.4, 0.5) is 13.2 Å². The Labute approximate surface area is 144 Å². The fourth-order valence-electron chi connectivity index (χ4n) is 1.92. The van der Waals surface area contributed by atoms with E-state index >= 15 is 0 Å². The molecule has 0 aliphatic rings. The van der Waals surface area contributed by atoms with Gasteiger partial charge in [0.1, 0.15) is 5.75 Å².